The van der Waals surface area contributed by atoms with Gasteiger partial charge in [-0.25, -0.2) is 4.79 Å². The number of benzene rings is 2. The van der Waals surface area contributed by atoms with Crippen molar-refractivity contribution in [2.24, 2.45) is 5.92 Å². The zero-order valence-electron chi connectivity index (χ0n) is 21.0. The third-order valence-electron chi connectivity index (χ3n) is 6.73. The summed E-state index contributed by atoms with van der Waals surface area (Å²) in [5.74, 6) is -3.09. The zero-order chi connectivity index (χ0) is 25.8. The minimum Gasteiger partial charge on any atom is -0.496 e. The Morgan fingerprint density at radius 1 is 0.972 bits per heavy atom. The molecule has 0 saturated carbocycles. The van der Waals surface area contributed by atoms with Crippen LogP contribution in [0.4, 0.5) is 0 Å². The summed E-state index contributed by atoms with van der Waals surface area (Å²) in [4.78, 5) is 40.7. The second kappa shape index (κ2) is 10.8. The molecule has 0 amide bonds. The van der Waals surface area contributed by atoms with Crippen molar-refractivity contribution in [1.29, 1.82) is 0 Å². The summed E-state index contributed by atoms with van der Waals surface area (Å²) < 4.78 is 16.4. The fourth-order valence-corrected chi connectivity index (χ4v) is 5.25. The molecule has 1 aliphatic carbocycles. The first-order valence-corrected chi connectivity index (χ1v) is 12.2. The number of carbonyl (C=O) groups is 3. The van der Waals surface area contributed by atoms with E-state index in [1.165, 1.54) is 0 Å². The third-order valence-corrected chi connectivity index (χ3v) is 6.73. The number of ether oxygens (including phenoxy) is 3. The van der Waals surface area contributed by atoms with E-state index in [0.717, 1.165) is 5.56 Å². The molecule has 7 nitrogen and oxygen atoms in total. The van der Waals surface area contributed by atoms with E-state index in [2.05, 4.69) is 5.32 Å². The van der Waals surface area contributed by atoms with Crippen molar-refractivity contribution in [2.75, 3.05) is 20.3 Å². The van der Waals surface area contributed by atoms with Gasteiger partial charge in [-0.2, -0.15) is 0 Å². The molecule has 3 atom stereocenters. The Kier molecular flexibility index (Phi) is 7.58. The Balaban J connectivity index is 1.93. The van der Waals surface area contributed by atoms with Crippen LogP contribution in [0.5, 0.6) is 5.75 Å². The zero-order valence-corrected chi connectivity index (χ0v) is 21.0. The first-order valence-electron chi connectivity index (χ1n) is 12.2. The summed E-state index contributed by atoms with van der Waals surface area (Å²) in [6.45, 7) is 5.61. The molecule has 2 aromatic rings. The number of rotatable bonds is 7. The molecule has 2 aliphatic rings. The maximum Gasteiger partial charge on any atom is 0.336 e. The van der Waals surface area contributed by atoms with Crippen LogP contribution in [-0.2, 0) is 23.9 Å². The Hall–Kier alpha value is -3.87. The van der Waals surface area contributed by atoms with Gasteiger partial charge < -0.3 is 19.5 Å². The van der Waals surface area contributed by atoms with Crippen LogP contribution >= 0.6 is 0 Å². The number of Topliss-reactive ketones (excluding diaryl/α,β-unsaturated/α-hetero) is 1. The molecular weight excluding hydrogens is 458 g/mol. The number of esters is 2. The van der Waals surface area contributed by atoms with Gasteiger partial charge in [-0.1, -0.05) is 48.5 Å². The standard InChI is InChI=1S/C29H31NO6/c1-5-35-28(32)23-17(3)30-21-16-20(18-12-8-7-9-13-18)25(29(33)36-6-2)27(31)26(21)24(23)19-14-10-11-15-22(19)34-4/h7-15,20,24-25,30H,5-6,16H2,1-4H3/t20-,24+,25-/m1/s1. The average molecular weight is 490 g/mol. The Morgan fingerprint density at radius 3 is 2.31 bits per heavy atom. The molecule has 1 aliphatic heterocycles. The van der Waals surface area contributed by atoms with Crippen LogP contribution < -0.4 is 10.1 Å². The lowest BCUT2D eigenvalue weighted by Gasteiger charge is -2.39. The average Bonchev–Trinajstić information content (AvgIpc) is 2.88. The second-order valence-electron chi connectivity index (χ2n) is 8.77. The van der Waals surface area contributed by atoms with E-state index < -0.39 is 29.7 Å². The largest absolute Gasteiger partial charge is 0.496 e. The number of carbonyl (C=O) groups excluding carboxylic acids is 3. The normalized spacial score (nSPS) is 21.4. The first-order chi connectivity index (χ1) is 17.4. The summed E-state index contributed by atoms with van der Waals surface area (Å²) in [6.07, 6.45) is 0.410. The molecule has 1 N–H and O–H groups in total. The maximum absolute atomic E-state index is 14.3. The van der Waals surface area contributed by atoms with Gasteiger partial charge in [-0.15, -0.1) is 0 Å². The minimum absolute atomic E-state index is 0.164. The highest BCUT2D eigenvalue weighted by molar-refractivity contribution is 6.13. The molecule has 0 aromatic heterocycles. The van der Waals surface area contributed by atoms with E-state index in [1.54, 1.807) is 33.9 Å². The highest BCUT2D eigenvalue weighted by Crippen LogP contribution is 2.49. The number of methoxy groups -OCH3 is 1. The minimum atomic E-state index is -1.04. The summed E-state index contributed by atoms with van der Waals surface area (Å²) >= 11 is 0. The monoisotopic (exact) mass is 489 g/mol. The second-order valence-corrected chi connectivity index (χ2v) is 8.77. The molecule has 4 rings (SSSR count). The Bertz CT molecular complexity index is 1230. The molecule has 7 heteroatoms. The van der Waals surface area contributed by atoms with Gasteiger partial charge in [0, 0.05) is 28.4 Å². The van der Waals surface area contributed by atoms with Crippen LogP contribution in [0.15, 0.2) is 77.1 Å². The molecule has 36 heavy (non-hydrogen) atoms. The van der Waals surface area contributed by atoms with Gasteiger partial charge in [0.2, 0.25) is 0 Å². The molecule has 188 valence electrons. The van der Waals surface area contributed by atoms with Crippen LogP contribution in [0.3, 0.4) is 0 Å². The van der Waals surface area contributed by atoms with Crippen LogP contribution in [0, 0.1) is 5.92 Å². The highest BCUT2D eigenvalue weighted by atomic mass is 16.5. The number of nitrogens with one attached hydrogen (secondary N) is 1. The number of allylic oxidation sites excluding steroid dienone is 3. The summed E-state index contributed by atoms with van der Waals surface area (Å²) in [6, 6.07) is 16.8. The van der Waals surface area contributed by atoms with Gasteiger partial charge in [-0.3, -0.25) is 9.59 Å². The maximum atomic E-state index is 14.3. The quantitative estimate of drug-likeness (QED) is 0.455. The van der Waals surface area contributed by atoms with E-state index >= 15 is 0 Å². The van der Waals surface area contributed by atoms with Gasteiger partial charge in [-0.05, 0) is 38.8 Å². The number of para-hydroxylation sites is 1. The number of ketones is 1. The lowest BCUT2D eigenvalue weighted by Crippen LogP contribution is -2.43. The molecule has 0 radical (unpaired) electrons. The van der Waals surface area contributed by atoms with Crippen LogP contribution in [0.1, 0.15) is 50.2 Å². The topological polar surface area (TPSA) is 90.9 Å². The van der Waals surface area contributed by atoms with E-state index in [9.17, 15) is 14.4 Å². The lowest BCUT2D eigenvalue weighted by atomic mass is 9.67. The summed E-state index contributed by atoms with van der Waals surface area (Å²) in [5, 5.41) is 3.31. The molecule has 2 aromatic carbocycles. The van der Waals surface area contributed by atoms with Crippen molar-refractivity contribution < 1.29 is 28.6 Å². The van der Waals surface area contributed by atoms with Crippen molar-refractivity contribution >= 4 is 17.7 Å². The predicted molar refractivity (Wildman–Crippen MR) is 134 cm³/mol. The van der Waals surface area contributed by atoms with E-state index in [-0.39, 0.29) is 19.0 Å². The Labute approximate surface area is 211 Å². The van der Waals surface area contributed by atoms with Crippen molar-refractivity contribution in [1.82, 2.24) is 5.32 Å². The smallest absolute Gasteiger partial charge is 0.336 e. The van der Waals surface area contributed by atoms with Crippen molar-refractivity contribution in [2.45, 2.75) is 39.0 Å². The molecule has 0 saturated heterocycles. The van der Waals surface area contributed by atoms with Crippen molar-refractivity contribution in [3.63, 3.8) is 0 Å². The fourth-order valence-electron chi connectivity index (χ4n) is 5.25. The van der Waals surface area contributed by atoms with Gasteiger partial charge in [0.05, 0.1) is 31.8 Å². The summed E-state index contributed by atoms with van der Waals surface area (Å²) in [7, 11) is 1.55. The van der Waals surface area contributed by atoms with Crippen LogP contribution in [0.25, 0.3) is 0 Å². The van der Waals surface area contributed by atoms with Crippen molar-refractivity contribution in [3.8, 4) is 5.75 Å². The molecule has 1 heterocycles. The first kappa shape index (κ1) is 25.2. The molecule has 0 fully saturated rings. The van der Waals surface area contributed by atoms with Crippen LogP contribution in [-0.4, -0.2) is 38.0 Å². The molecule has 0 spiro atoms. The van der Waals surface area contributed by atoms with Gasteiger partial charge >= 0.3 is 11.9 Å². The molecule has 0 bridgehead atoms. The number of hydrogen-bond donors (Lipinski definition) is 1. The van der Waals surface area contributed by atoms with E-state index in [4.69, 9.17) is 14.2 Å². The lowest BCUT2D eigenvalue weighted by molar-refractivity contribution is -0.152. The van der Waals surface area contributed by atoms with Gasteiger partial charge in [0.25, 0.3) is 0 Å². The molecular formula is C29H31NO6. The third kappa shape index (κ3) is 4.53. The summed E-state index contributed by atoms with van der Waals surface area (Å²) in [5.41, 5.74) is 3.54. The van der Waals surface area contributed by atoms with E-state index in [0.29, 0.717) is 40.3 Å². The van der Waals surface area contributed by atoms with Gasteiger partial charge in [0.1, 0.15) is 11.7 Å². The number of dihydropyridines is 1. The SMILES string of the molecule is CCOC(=O)C1=C(C)NC2=C(C(=O)[C@H](C(=O)OCC)[C@@H](c3ccccc3)C2)[C@H]1c1ccccc1OC. The van der Waals surface area contributed by atoms with Crippen LogP contribution in [0.2, 0.25) is 0 Å². The predicted octanol–water partition coefficient (Wildman–Crippen LogP) is 4.41. The van der Waals surface area contributed by atoms with Crippen molar-refractivity contribution in [3.05, 3.63) is 88.3 Å². The Morgan fingerprint density at radius 2 is 1.64 bits per heavy atom. The molecule has 0 unspecified atom stereocenters. The highest BCUT2D eigenvalue weighted by Gasteiger charge is 2.49. The van der Waals surface area contributed by atoms with E-state index in [1.807, 2.05) is 48.5 Å². The number of hydrogen-bond acceptors (Lipinski definition) is 7. The van der Waals surface area contributed by atoms with Gasteiger partial charge in [0.15, 0.2) is 5.78 Å². The fraction of sp³-hybridized carbons (Fsp3) is 0.345.